The highest BCUT2D eigenvalue weighted by molar-refractivity contribution is 6.03. The van der Waals surface area contributed by atoms with Crippen molar-refractivity contribution in [2.24, 2.45) is 5.92 Å². The quantitative estimate of drug-likeness (QED) is 0.389. The average Bonchev–Trinajstić information content (AvgIpc) is 3.36. The van der Waals surface area contributed by atoms with Crippen LogP contribution in [0.4, 0.5) is 18.0 Å². The molecular weight excluding hydrogens is 491 g/mol. The van der Waals surface area contributed by atoms with Gasteiger partial charge >= 0.3 is 12.7 Å². The maximum atomic E-state index is 13.4. The standard InChI is InChI=1S/C26H26F3N3O5/c1-35-21-10-14(11-22(37-24(28)29)23(21)20(33)9-15-8-18(15)27)17-12-30-32-13-16(4-5-19(17)32)26(6-3-7-26)31-25(34)36-2/h4-5,10-13,15,18,24H,3,6-9H2,1-2H3,(H,31,34)/t15-,18-/m0/s1. The van der Waals surface area contributed by atoms with Crippen LogP contribution in [0.25, 0.3) is 16.6 Å². The van der Waals surface area contributed by atoms with Crippen molar-refractivity contribution in [1.82, 2.24) is 14.9 Å². The number of pyridine rings is 1. The summed E-state index contributed by atoms with van der Waals surface area (Å²) in [6, 6.07) is 6.61. The number of alkyl halides is 3. The van der Waals surface area contributed by atoms with Crippen molar-refractivity contribution in [1.29, 1.82) is 0 Å². The van der Waals surface area contributed by atoms with E-state index in [1.54, 1.807) is 16.8 Å². The third-order valence-electron chi connectivity index (χ3n) is 7.18. The highest BCUT2D eigenvalue weighted by Gasteiger charge is 2.41. The largest absolute Gasteiger partial charge is 0.496 e. The van der Waals surface area contributed by atoms with Crippen LogP contribution in [0.1, 0.15) is 48.0 Å². The Morgan fingerprint density at radius 1 is 1.22 bits per heavy atom. The van der Waals surface area contributed by atoms with E-state index in [1.165, 1.54) is 20.3 Å². The molecule has 0 saturated heterocycles. The maximum absolute atomic E-state index is 13.4. The van der Waals surface area contributed by atoms with Crippen LogP contribution in [-0.4, -0.2) is 48.5 Å². The van der Waals surface area contributed by atoms with E-state index < -0.39 is 36.1 Å². The second-order valence-electron chi connectivity index (χ2n) is 9.43. The molecular formula is C26H26F3N3O5. The van der Waals surface area contributed by atoms with Crippen LogP contribution < -0.4 is 14.8 Å². The molecule has 0 bridgehead atoms. The summed E-state index contributed by atoms with van der Waals surface area (Å²) in [5, 5.41) is 7.34. The third-order valence-corrected chi connectivity index (χ3v) is 7.18. The van der Waals surface area contributed by atoms with E-state index in [9.17, 15) is 22.8 Å². The van der Waals surface area contributed by atoms with Crippen molar-refractivity contribution in [3.05, 3.63) is 47.8 Å². The van der Waals surface area contributed by atoms with Crippen LogP contribution in [0.5, 0.6) is 11.5 Å². The summed E-state index contributed by atoms with van der Waals surface area (Å²) >= 11 is 0. The molecule has 37 heavy (non-hydrogen) atoms. The SMILES string of the molecule is COC(=O)NC1(c2ccc3c(-c4cc(OC)c(C(=O)C[C@@H]5C[C@@H]5F)c(OC(F)F)c4)cnn3c2)CCC1. The molecule has 196 valence electrons. The molecule has 5 rings (SSSR count). The van der Waals surface area contributed by atoms with Crippen LogP contribution in [0, 0.1) is 5.92 Å². The Bertz CT molecular complexity index is 1350. The number of ether oxygens (including phenoxy) is 3. The number of benzene rings is 1. The normalized spacial score (nSPS) is 19.8. The van der Waals surface area contributed by atoms with E-state index in [4.69, 9.17) is 14.2 Å². The first-order valence-corrected chi connectivity index (χ1v) is 11.9. The molecule has 0 radical (unpaired) electrons. The van der Waals surface area contributed by atoms with Gasteiger partial charge in [0.05, 0.1) is 31.5 Å². The molecule has 2 aliphatic carbocycles. The number of hydrogen-bond donors (Lipinski definition) is 1. The van der Waals surface area contributed by atoms with Crippen LogP contribution in [-0.2, 0) is 10.3 Å². The van der Waals surface area contributed by atoms with E-state index in [0.29, 0.717) is 16.6 Å². The van der Waals surface area contributed by atoms with Crippen LogP contribution in [0.15, 0.2) is 36.7 Å². The number of rotatable bonds is 9. The lowest BCUT2D eigenvalue weighted by Crippen LogP contribution is -2.50. The summed E-state index contributed by atoms with van der Waals surface area (Å²) in [6.07, 6.45) is 4.44. The molecule has 2 atom stereocenters. The molecule has 2 aliphatic rings. The zero-order valence-corrected chi connectivity index (χ0v) is 20.3. The van der Waals surface area contributed by atoms with Crippen molar-refractivity contribution in [2.75, 3.05) is 14.2 Å². The molecule has 11 heteroatoms. The average molecular weight is 518 g/mol. The zero-order valence-electron chi connectivity index (χ0n) is 20.3. The van der Waals surface area contributed by atoms with Gasteiger partial charge in [0, 0.05) is 24.1 Å². The number of carbonyl (C=O) groups excluding carboxylic acids is 2. The number of nitrogens with zero attached hydrogens (tertiary/aromatic N) is 2. The number of methoxy groups -OCH3 is 2. The summed E-state index contributed by atoms with van der Waals surface area (Å²) in [5.41, 5.74) is 1.89. The Morgan fingerprint density at radius 3 is 2.54 bits per heavy atom. The lowest BCUT2D eigenvalue weighted by atomic mass is 9.72. The molecule has 1 aromatic carbocycles. The lowest BCUT2D eigenvalue weighted by Gasteiger charge is -2.42. The Balaban J connectivity index is 1.53. The van der Waals surface area contributed by atoms with Gasteiger partial charge in [-0.1, -0.05) is 6.07 Å². The number of nitrogens with one attached hydrogen (secondary N) is 1. The minimum Gasteiger partial charge on any atom is -0.496 e. The Labute approximate surface area is 210 Å². The second kappa shape index (κ2) is 9.60. The molecule has 8 nitrogen and oxygen atoms in total. The fraction of sp³-hybridized carbons (Fsp3) is 0.423. The van der Waals surface area contributed by atoms with Gasteiger partial charge in [0.25, 0.3) is 0 Å². The summed E-state index contributed by atoms with van der Waals surface area (Å²) in [4.78, 5) is 24.8. The second-order valence-corrected chi connectivity index (χ2v) is 9.43. The third kappa shape index (κ3) is 4.70. The molecule has 0 unspecified atom stereocenters. The van der Waals surface area contributed by atoms with Crippen molar-refractivity contribution in [2.45, 2.75) is 50.4 Å². The highest BCUT2D eigenvalue weighted by atomic mass is 19.3. The van der Waals surface area contributed by atoms with Crippen molar-refractivity contribution in [3.8, 4) is 22.6 Å². The van der Waals surface area contributed by atoms with Gasteiger partial charge in [-0.05, 0) is 55.0 Å². The van der Waals surface area contributed by atoms with Gasteiger partial charge in [0.1, 0.15) is 23.2 Å². The fourth-order valence-corrected chi connectivity index (χ4v) is 4.88. The number of fused-ring (bicyclic) bond motifs is 1. The number of alkyl carbamates (subject to hydrolysis) is 1. The fourth-order valence-electron chi connectivity index (χ4n) is 4.88. The number of amides is 1. The minimum absolute atomic E-state index is 0.0564. The lowest BCUT2D eigenvalue weighted by molar-refractivity contribution is -0.0502. The zero-order chi connectivity index (χ0) is 26.3. The Kier molecular flexibility index (Phi) is 6.47. The predicted molar refractivity (Wildman–Crippen MR) is 127 cm³/mol. The predicted octanol–water partition coefficient (Wildman–Crippen LogP) is 5.28. The highest BCUT2D eigenvalue weighted by Crippen LogP contribution is 2.44. The van der Waals surface area contributed by atoms with Crippen molar-refractivity contribution in [3.63, 3.8) is 0 Å². The van der Waals surface area contributed by atoms with Crippen LogP contribution in [0.3, 0.4) is 0 Å². The van der Waals surface area contributed by atoms with Gasteiger partial charge in [0.2, 0.25) is 0 Å². The van der Waals surface area contributed by atoms with E-state index in [0.717, 1.165) is 24.8 Å². The van der Waals surface area contributed by atoms with Crippen LogP contribution in [0.2, 0.25) is 0 Å². The maximum Gasteiger partial charge on any atom is 0.407 e. The van der Waals surface area contributed by atoms with E-state index in [2.05, 4.69) is 10.4 Å². The first-order chi connectivity index (χ1) is 17.7. The van der Waals surface area contributed by atoms with Crippen molar-refractivity contribution < 1.29 is 37.0 Å². The van der Waals surface area contributed by atoms with E-state index >= 15 is 0 Å². The summed E-state index contributed by atoms with van der Waals surface area (Å²) in [7, 11) is 2.64. The number of carbonyl (C=O) groups is 2. The van der Waals surface area contributed by atoms with E-state index in [1.807, 2.05) is 18.3 Å². The smallest absolute Gasteiger partial charge is 0.407 e. The number of ketones is 1. The van der Waals surface area contributed by atoms with Gasteiger partial charge in [-0.3, -0.25) is 4.79 Å². The summed E-state index contributed by atoms with van der Waals surface area (Å²) < 4.78 is 56.5. The monoisotopic (exact) mass is 517 g/mol. The van der Waals surface area contributed by atoms with Gasteiger partial charge in [-0.2, -0.15) is 13.9 Å². The molecule has 2 saturated carbocycles. The minimum atomic E-state index is -3.17. The first-order valence-electron chi connectivity index (χ1n) is 11.9. The van der Waals surface area contributed by atoms with E-state index in [-0.39, 0.29) is 29.9 Å². The number of halogens is 3. The molecule has 2 heterocycles. The number of aromatic nitrogens is 2. The number of Topliss-reactive ketones (excluding diaryl/α,β-unsaturated/α-hetero) is 1. The first kappa shape index (κ1) is 24.9. The molecule has 3 aromatic rings. The van der Waals surface area contributed by atoms with Crippen molar-refractivity contribution >= 4 is 17.4 Å². The Morgan fingerprint density at radius 2 is 1.95 bits per heavy atom. The molecule has 2 aromatic heterocycles. The van der Waals surface area contributed by atoms with Gasteiger partial charge < -0.3 is 19.5 Å². The molecule has 0 aliphatic heterocycles. The van der Waals surface area contributed by atoms with Gasteiger partial charge in [0.15, 0.2) is 5.78 Å². The topological polar surface area (TPSA) is 91.2 Å². The molecule has 2 fully saturated rings. The summed E-state index contributed by atoms with van der Waals surface area (Å²) in [5.74, 6) is -1.21. The molecule has 1 N–H and O–H groups in total. The summed E-state index contributed by atoms with van der Waals surface area (Å²) in [6.45, 7) is -3.17. The van der Waals surface area contributed by atoms with Crippen LogP contribution >= 0.6 is 0 Å². The molecule has 1 amide bonds. The van der Waals surface area contributed by atoms with Gasteiger partial charge in [-0.25, -0.2) is 13.7 Å². The Hall–Kier alpha value is -3.76. The number of hydrogen-bond acceptors (Lipinski definition) is 6. The molecule has 0 spiro atoms. The van der Waals surface area contributed by atoms with Gasteiger partial charge in [-0.15, -0.1) is 0 Å².